The van der Waals surface area contributed by atoms with Gasteiger partial charge in [-0.3, -0.25) is 14.7 Å². The van der Waals surface area contributed by atoms with Gasteiger partial charge in [-0.25, -0.2) is 0 Å². The number of benzene rings is 2. The normalized spacial score (nSPS) is 16.9. The molecule has 0 spiro atoms. The van der Waals surface area contributed by atoms with Crippen LogP contribution in [0.25, 0.3) is 6.08 Å². The summed E-state index contributed by atoms with van der Waals surface area (Å²) in [5.41, 5.74) is 1.86. The minimum absolute atomic E-state index is 0.0353. The van der Waals surface area contributed by atoms with E-state index in [1.807, 2.05) is 64.1 Å². The van der Waals surface area contributed by atoms with Crippen LogP contribution < -0.4 is 4.74 Å². The van der Waals surface area contributed by atoms with E-state index in [9.17, 15) is 4.79 Å². The van der Waals surface area contributed by atoms with E-state index in [2.05, 4.69) is 36.9 Å². The molecule has 164 valence electrons. The highest BCUT2D eigenvalue weighted by atomic mass is 79.9. The third kappa shape index (κ3) is 6.15. The van der Waals surface area contributed by atoms with Gasteiger partial charge in [0.2, 0.25) is 0 Å². The molecule has 31 heavy (non-hydrogen) atoms. The van der Waals surface area contributed by atoms with E-state index in [-0.39, 0.29) is 18.0 Å². The molecule has 1 aliphatic rings. The molecule has 0 N–H and O–H groups in total. The second-order valence-electron chi connectivity index (χ2n) is 7.61. The Labute approximate surface area is 209 Å². The fraction of sp³-hybridized carbons (Fsp3) is 0.304. The molecule has 1 amide bonds. The summed E-state index contributed by atoms with van der Waals surface area (Å²) in [6.45, 7) is 8.38. The van der Waals surface area contributed by atoms with Gasteiger partial charge in [0.25, 0.3) is 5.91 Å². The molecule has 2 aromatic rings. The maximum absolute atomic E-state index is 12.9. The first-order chi connectivity index (χ1) is 14.7. The standard InChI is InChI=1S/C23H23Br2ClN2O2S/c1-13(2)27-23-28(14(3)4)22(29)20(31-23)11-16-9-18(25)21(19(26)10-16)30-12-15-5-7-17(24)8-6-15/h5-11,13-14H,12H2,1-4H3/b20-11+,27-23?. The van der Waals surface area contributed by atoms with E-state index in [0.717, 1.165) is 25.2 Å². The number of nitrogens with zero attached hydrogens (tertiary/aromatic N) is 2. The highest BCUT2D eigenvalue weighted by Crippen LogP contribution is 2.38. The summed E-state index contributed by atoms with van der Waals surface area (Å²) in [7, 11) is 0. The zero-order chi connectivity index (χ0) is 22.7. The number of ether oxygens (including phenoxy) is 1. The van der Waals surface area contributed by atoms with Gasteiger partial charge in [-0.2, -0.15) is 0 Å². The van der Waals surface area contributed by atoms with E-state index in [4.69, 9.17) is 16.3 Å². The number of thioether (sulfide) groups is 1. The summed E-state index contributed by atoms with van der Waals surface area (Å²) in [5, 5.41) is 1.21. The Kier molecular flexibility index (Phi) is 8.30. The average Bonchev–Trinajstić information content (AvgIpc) is 2.96. The number of carbonyl (C=O) groups is 1. The van der Waals surface area contributed by atoms with Crippen LogP contribution in [0, 0.1) is 0 Å². The van der Waals surface area contributed by atoms with Gasteiger partial charge in [-0.05, 0) is 96.9 Å². The molecular formula is C23H23Br2ClN2O2S. The number of halogens is 3. The highest BCUT2D eigenvalue weighted by Gasteiger charge is 2.35. The zero-order valence-electron chi connectivity index (χ0n) is 17.7. The number of carbonyl (C=O) groups excluding carboxylic acids is 1. The van der Waals surface area contributed by atoms with Gasteiger partial charge in [-0.15, -0.1) is 0 Å². The van der Waals surface area contributed by atoms with E-state index in [1.54, 1.807) is 11.0 Å². The fourth-order valence-corrected chi connectivity index (χ4v) is 5.43. The van der Waals surface area contributed by atoms with Crippen LogP contribution >= 0.6 is 55.2 Å². The smallest absolute Gasteiger partial charge is 0.266 e. The second-order valence-corrected chi connectivity index (χ2v) is 10.8. The lowest BCUT2D eigenvalue weighted by Crippen LogP contribution is -2.35. The predicted octanol–water partition coefficient (Wildman–Crippen LogP) is 7.53. The summed E-state index contributed by atoms with van der Waals surface area (Å²) in [6.07, 6.45) is 1.85. The Morgan fingerprint density at radius 3 is 2.42 bits per heavy atom. The summed E-state index contributed by atoms with van der Waals surface area (Å²) >= 11 is 14.9. The molecule has 0 atom stereocenters. The maximum atomic E-state index is 12.9. The van der Waals surface area contributed by atoms with Crippen molar-refractivity contribution in [3.05, 3.63) is 66.4 Å². The van der Waals surface area contributed by atoms with E-state index < -0.39 is 0 Å². The van der Waals surface area contributed by atoms with E-state index in [0.29, 0.717) is 22.3 Å². The lowest BCUT2D eigenvalue weighted by atomic mass is 10.2. The molecule has 0 bridgehead atoms. The van der Waals surface area contributed by atoms with Crippen LogP contribution in [0.2, 0.25) is 5.02 Å². The molecule has 0 unspecified atom stereocenters. The Balaban J connectivity index is 1.83. The molecule has 1 fully saturated rings. The molecule has 2 aromatic carbocycles. The van der Waals surface area contributed by atoms with Gasteiger partial charge in [-0.1, -0.05) is 39.7 Å². The average molecular weight is 587 g/mol. The van der Waals surface area contributed by atoms with Gasteiger partial charge >= 0.3 is 0 Å². The number of amides is 1. The monoisotopic (exact) mass is 584 g/mol. The minimum Gasteiger partial charge on any atom is -0.486 e. The van der Waals surface area contributed by atoms with E-state index >= 15 is 0 Å². The van der Waals surface area contributed by atoms with Crippen molar-refractivity contribution < 1.29 is 9.53 Å². The first kappa shape index (κ1) is 24.4. The molecule has 8 heteroatoms. The Bertz CT molecular complexity index is 1010. The van der Waals surface area contributed by atoms with Crippen molar-refractivity contribution in [3.63, 3.8) is 0 Å². The van der Waals surface area contributed by atoms with Crippen LogP contribution in [0.4, 0.5) is 0 Å². The molecule has 1 heterocycles. The predicted molar refractivity (Wildman–Crippen MR) is 138 cm³/mol. The molecule has 0 aliphatic carbocycles. The quantitative estimate of drug-likeness (QED) is 0.329. The van der Waals surface area contributed by atoms with Crippen molar-refractivity contribution in [1.82, 2.24) is 4.90 Å². The maximum Gasteiger partial charge on any atom is 0.266 e. The number of rotatable bonds is 6. The lowest BCUT2D eigenvalue weighted by Gasteiger charge is -2.20. The van der Waals surface area contributed by atoms with Gasteiger partial charge in [0, 0.05) is 16.6 Å². The molecular weight excluding hydrogens is 564 g/mol. The molecule has 3 rings (SSSR count). The Morgan fingerprint density at radius 2 is 1.84 bits per heavy atom. The van der Waals surface area contributed by atoms with E-state index in [1.165, 1.54) is 11.8 Å². The first-order valence-corrected chi connectivity index (χ1v) is 12.6. The van der Waals surface area contributed by atoms with Crippen molar-refractivity contribution >= 4 is 72.4 Å². The molecule has 0 aromatic heterocycles. The second kappa shape index (κ2) is 10.6. The number of hydrogen-bond acceptors (Lipinski definition) is 4. The van der Waals surface area contributed by atoms with Crippen molar-refractivity contribution in [2.45, 2.75) is 46.4 Å². The van der Waals surface area contributed by atoms with Crippen LogP contribution in [-0.4, -0.2) is 28.1 Å². The third-order valence-corrected chi connectivity index (χ3v) is 6.73. The molecule has 1 aliphatic heterocycles. The highest BCUT2D eigenvalue weighted by molar-refractivity contribution is 9.10. The largest absolute Gasteiger partial charge is 0.486 e. The fourth-order valence-electron chi connectivity index (χ4n) is 2.94. The summed E-state index contributed by atoms with van der Waals surface area (Å²) in [6, 6.07) is 11.8. The number of hydrogen-bond donors (Lipinski definition) is 0. The van der Waals surface area contributed by atoms with Crippen molar-refractivity contribution in [3.8, 4) is 5.75 Å². The molecule has 0 saturated carbocycles. The minimum atomic E-state index is -0.0396. The first-order valence-electron chi connectivity index (χ1n) is 9.83. The van der Waals surface area contributed by atoms with Crippen LogP contribution in [0.15, 0.2) is 55.2 Å². The van der Waals surface area contributed by atoms with Gasteiger partial charge in [0.1, 0.15) is 6.61 Å². The van der Waals surface area contributed by atoms with Gasteiger partial charge < -0.3 is 4.74 Å². The third-order valence-electron chi connectivity index (χ3n) is 4.34. The Hall–Kier alpha value is -1.28. The lowest BCUT2D eigenvalue weighted by molar-refractivity contribution is -0.123. The van der Waals surface area contributed by atoms with Gasteiger partial charge in [0.05, 0.1) is 14.4 Å². The summed E-state index contributed by atoms with van der Waals surface area (Å²) in [5.74, 6) is 0.533. The van der Waals surface area contributed by atoms with Crippen LogP contribution in [0.3, 0.4) is 0 Å². The number of amidine groups is 1. The van der Waals surface area contributed by atoms with Crippen LogP contribution in [0.5, 0.6) is 5.75 Å². The van der Waals surface area contributed by atoms with Crippen molar-refractivity contribution in [2.75, 3.05) is 0 Å². The SMILES string of the molecule is CC(C)N=C1S/C(=C/c2cc(Cl)c(OCc3ccc(Br)cc3)c(Br)c2)C(=O)N1C(C)C. The summed E-state index contributed by atoms with van der Waals surface area (Å²) < 4.78 is 7.69. The topological polar surface area (TPSA) is 41.9 Å². The molecule has 4 nitrogen and oxygen atoms in total. The number of aliphatic imine (C=N–C) groups is 1. The Morgan fingerprint density at radius 1 is 1.16 bits per heavy atom. The van der Waals surface area contributed by atoms with Crippen LogP contribution in [-0.2, 0) is 11.4 Å². The van der Waals surface area contributed by atoms with Crippen LogP contribution in [0.1, 0.15) is 38.8 Å². The van der Waals surface area contributed by atoms with Crippen molar-refractivity contribution in [2.24, 2.45) is 4.99 Å². The molecule has 0 radical (unpaired) electrons. The van der Waals surface area contributed by atoms with Crippen molar-refractivity contribution in [1.29, 1.82) is 0 Å². The van der Waals surface area contributed by atoms with Gasteiger partial charge in [0.15, 0.2) is 10.9 Å². The zero-order valence-corrected chi connectivity index (χ0v) is 22.4. The summed E-state index contributed by atoms with van der Waals surface area (Å²) in [4.78, 5) is 19.9. The molecule has 1 saturated heterocycles.